The van der Waals surface area contributed by atoms with Crippen LogP contribution in [0, 0.1) is 0 Å². The number of anilines is 2. The summed E-state index contributed by atoms with van der Waals surface area (Å²) in [6.45, 7) is 0. The van der Waals surface area contributed by atoms with Crippen molar-refractivity contribution in [2.75, 3.05) is 4.90 Å². The number of nitrogens with zero attached hydrogens (tertiary/aromatic N) is 1. The largest absolute Gasteiger partial charge is 0.455 e. The molecule has 0 saturated carbocycles. The molecule has 9 aromatic carbocycles. The van der Waals surface area contributed by atoms with Gasteiger partial charge in [0.15, 0.2) is 0 Å². The van der Waals surface area contributed by atoms with Crippen molar-refractivity contribution in [3.8, 4) is 44.5 Å². The molecule has 11 rings (SSSR count). The highest BCUT2D eigenvalue weighted by Crippen LogP contribution is 2.42. The Balaban J connectivity index is 0.948. The molecule has 60 heavy (non-hydrogen) atoms. The zero-order valence-electron chi connectivity index (χ0n) is 33.1. The maximum Gasteiger partial charge on any atom is 0.143 e. The average Bonchev–Trinajstić information content (AvgIpc) is 3.72. The molecule has 0 N–H and O–H groups in total. The maximum atomic E-state index is 6.78. The molecule has 1 aliphatic carbocycles. The first-order valence-corrected chi connectivity index (χ1v) is 20.8. The van der Waals surface area contributed by atoms with Gasteiger partial charge in [-0.2, -0.15) is 0 Å². The van der Waals surface area contributed by atoms with E-state index in [4.69, 9.17) is 4.42 Å². The van der Waals surface area contributed by atoms with Crippen LogP contribution < -0.4 is 4.90 Å². The lowest BCUT2D eigenvalue weighted by atomic mass is 9.94. The first-order valence-electron chi connectivity index (χ1n) is 20.8. The topological polar surface area (TPSA) is 16.4 Å². The third kappa shape index (κ3) is 6.49. The Morgan fingerprint density at radius 3 is 1.52 bits per heavy atom. The van der Waals surface area contributed by atoms with Crippen molar-refractivity contribution in [3.63, 3.8) is 0 Å². The van der Waals surface area contributed by atoms with Gasteiger partial charge < -0.3 is 9.32 Å². The average molecular weight is 768 g/mol. The molecule has 1 heterocycles. The molecule has 0 unspecified atom stereocenters. The predicted molar refractivity (Wildman–Crippen MR) is 253 cm³/mol. The predicted octanol–water partition coefficient (Wildman–Crippen LogP) is 16.3. The van der Waals surface area contributed by atoms with Crippen molar-refractivity contribution in [3.05, 3.63) is 236 Å². The van der Waals surface area contributed by atoms with E-state index in [0.717, 1.165) is 74.0 Å². The zero-order valence-corrected chi connectivity index (χ0v) is 33.1. The highest BCUT2D eigenvalue weighted by molar-refractivity contribution is 6.13. The Kier molecular flexibility index (Phi) is 9.02. The van der Waals surface area contributed by atoms with Gasteiger partial charge in [0.2, 0.25) is 0 Å². The fourth-order valence-corrected chi connectivity index (χ4v) is 9.02. The van der Waals surface area contributed by atoms with Gasteiger partial charge in [-0.3, -0.25) is 0 Å². The van der Waals surface area contributed by atoms with E-state index in [2.05, 4.69) is 229 Å². The van der Waals surface area contributed by atoms with Crippen molar-refractivity contribution < 1.29 is 4.42 Å². The van der Waals surface area contributed by atoms with Gasteiger partial charge in [0.05, 0.1) is 0 Å². The quantitative estimate of drug-likeness (QED) is 0.153. The van der Waals surface area contributed by atoms with Gasteiger partial charge in [-0.15, -0.1) is 0 Å². The minimum Gasteiger partial charge on any atom is -0.455 e. The minimum absolute atomic E-state index is 0.913. The summed E-state index contributed by atoms with van der Waals surface area (Å²) in [5, 5.41) is 4.78. The summed E-state index contributed by atoms with van der Waals surface area (Å²) in [5.74, 6) is 0. The van der Waals surface area contributed by atoms with E-state index in [9.17, 15) is 0 Å². The first kappa shape index (κ1) is 35.5. The minimum atomic E-state index is 0.913. The second-order valence-corrected chi connectivity index (χ2v) is 15.6. The SMILES string of the molecule is C1=C(c2ccccc2)CCC(N(c2ccc(-c3cccc(-c4cccc5c4oc4c(-c6ccccc6)cccc45)c3)cc2)c2ccc(-c3cccc4ccccc34)cc2)=C1. The second-order valence-electron chi connectivity index (χ2n) is 15.6. The van der Waals surface area contributed by atoms with E-state index in [0.29, 0.717) is 0 Å². The fourth-order valence-electron chi connectivity index (χ4n) is 9.02. The van der Waals surface area contributed by atoms with Crippen LogP contribution in [0.25, 0.3) is 82.8 Å². The Hall–Kier alpha value is -7.68. The lowest BCUT2D eigenvalue weighted by Gasteiger charge is -2.30. The van der Waals surface area contributed by atoms with Crippen molar-refractivity contribution in [1.82, 2.24) is 0 Å². The van der Waals surface area contributed by atoms with Crippen molar-refractivity contribution in [1.29, 1.82) is 0 Å². The summed E-state index contributed by atoms with van der Waals surface area (Å²) >= 11 is 0. The van der Waals surface area contributed by atoms with Gasteiger partial charge in [0.25, 0.3) is 0 Å². The van der Waals surface area contributed by atoms with Gasteiger partial charge in [-0.05, 0) is 105 Å². The molecule has 0 amide bonds. The zero-order chi connectivity index (χ0) is 39.8. The van der Waals surface area contributed by atoms with E-state index >= 15 is 0 Å². The second kappa shape index (κ2) is 15.2. The first-order chi connectivity index (χ1) is 29.7. The summed E-state index contributed by atoms with van der Waals surface area (Å²) in [5.41, 5.74) is 17.3. The summed E-state index contributed by atoms with van der Waals surface area (Å²) in [4.78, 5) is 2.43. The third-order valence-electron chi connectivity index (χ3n) is 12.0. The van der Waals surface area contributed by atoms with Crippen LogP contribution in [-0.4, -0.2) is 0 Å². The van der Waals surface area contributed by atoms with Gasteiger partial charge in [0.1, 0.15) is 11.2 Å². The molecule has 0 saturated heterocycles. The number of allylic oxidation sites excluding steroid dienone is 4. The molecule has 284 valence electrons. The third-order valence-corrected chi connectivity index (χ3v) is 12.0. The smallest absolute Gasteiger partial charge is 0.143 e. The number of fused-ring (bicyclic) bond motifs is 4. The van der Waals surface area contributed by atoms with Crippen LogP contribution in [0.2, 0.25) is 0 Å². The molecule has 0 atom stereocenters. The lowest BCUT2D eigenvalue weighted by molar-refractivity contribution is 0.671. The van der Waals surface area contributed by atoms with E-state index in [1.165, 1.54) is 44.3 Å². The lowest BCUT2D eigenvalue weighted by Crippen LogP contribution is -2.17. The molecule has 2 nitrogen and oxygen atoms in total. The molecule has 1 aliphatic rings. The van der Waals surface area contributed by atoms with Crippen LogP contribution in [0.1, 0.15) is 18.4 Å². The molecule has 0 radical (unpaired) electrons. The van der Waals surface area contributed by atoms with Crippen molar-refractivity contribution in [2.45, 2.75) is 12.8 Å². The molecular formula is C58H41NO. The van der Waals surface area contributed by atoms with E-state index in [1.54, 1.807) is 0 Å². The number of rotatable bonds is 8. The van der Waals surface area contributed by atoms with Crippen LogP contribution in [0.4, 0.5) is 11.4 Å². The highest BCUT2D eigenvalue weighted by Gasteiger charge is 2.20. The van der Waals surface area contributed by atoms with Gasteiger partial charge in [0, 0.05) is 39.0 Å². The van der Waals surface area contributed by atoms with E-state index in [1.807, 2.05) is 0 Å². The Bertz CT molecular complexity index is 3220. The van der Waals surface area contributed by atoms with Crippen LogP contribution in [0.15, 0.2) is 235 Å². The maximum absolute atomic E-state index is 6.78. The fraction of sp³-hybridized carbons (Fsp3) is 0.0345. The number of hydrogen-bond donors (Lipinski definition) is 0. The molecule has 0 spiro atoms. The van der Waals surface area contributed by atoms with Crippen LogP contribution in [0.5, 0.6) is 0 Å². The molecule has 1 aromatic heterocycles. The number of para-hydroxylation sites is 2. The molecular weight excluding hydrogens is 727 g/mol. The number of hydrogen-bond acceptors (Lipinski definition) is 2. The summed E-state index contributed by atoms with van der Waals surface area (Å²) in [6, 6.07) is 76.3. The standard InChI is InChI=1S/C58H41NO/c1-3-13-40(14-4-1)41-27-33-48(34-28-41)59(50-37-31-45(32-38-50)52-22-10-18-43-17-7-8-21-51(43)52)49-35-29-42(30-36-49)46-19-9-20-47(39-46)54-24-12-26-56-55-25-11-23-53(57(55)60-58(54)56)44-15-5-2-6-16-44/h1-27,29-33,35-39H,28,34H2. The van der Waals surface area contributed by atoms with E-state index in [-0.39, 0.29) is 0 Å². The molecule has 2 heteroatoms. The number of furan rings is 1. The van der Waals surface area contributed by atoms with Gasteiger partial charge in [-0.25, -0.2) is 0 Å². The monoisotopic (exact) mass is 767 g/mol. The highest BCUT2D eigenvalue weighted by atomic mass is 16.3. The van der Waals surface area contributed by atoms with Crippen LogP contribution in [-0.2, 0) is 0 Å². The molecule has 0 aliphatic heterocycles. The molecule has 10 aromatic rings. The Labute approximate surface area is 350 Å². The Morgan fingerprint density at radius 2 is 0.833 bits per heavy atom. The molecule has 0 bridgehead atoms. The molecule has 0 fully saturated rings. The Morgan fingerprint density at radius 1 is 0.333 bits per heavy atom. The summed E-state index contributed by atoms with van der Waals surface area (Å²) in [7, 11) is 0. The van der Waals surface area contributed by atoms with Crippen molar-refractivity contribution in [2.24, 2.45) is 0 Å². The number of benzene rings is 9. The van der Waals surface area contributed by atoms with Gasteiger partial charge >= 0.3 is 0 Å². The van der Waals surface area contributed by atoms with Gasteiger partial charge in [-0.1, -0.05) is 188 Å². The van der Waals surface area contributed by atoms with Crippen LogP contribution in [0.3, 0.4) is 0 Å². The summed E-state index contributed by atoms with van der Waals surface area (Å²) < 4.78 is 6.78. The normalized spacial score (nSPS) is 12.7. The summed E-state index contributed by atoms with van der Waals surface area (Å²) in [6.07, 6.45) is 6.53. The van der Waals surface area contributed by atoms with E-state index < -0.39 is 0 Å². The van der Waals surface area contributed by atoms with Crippen LogP contribution >= 0.6 is 0 Å². The van der Waals surface area contributed by atoms with Crippen molar-refractivity contribution >= 4 is 49.7 Å².